The van der Waals surface area contributed by atoms with Crippen LogP contribution in [0.3, 0.4) is 0 Å². The molecule has 0 aromatic heterocycles. The summed E-state index contributed by atoms with van der Waals surface area (Å²) >= 11 is 0. The molecule has 7 nitrogen and oxygen atoms in total. The zero-order valence-electron chi connectivity index (χ0n) is 16.3. The van der Waals surface area contributed by atoms with Crippen molar-refractivity contribution in [1.29, 1.82) is 0 Å². The number of carbonyl (C=O) groups is 2. The number of nitrogens with zero attached hydrogens (tertiary/aromatic N) is 2. The predicted octanol–water partition coefficient (Wildman–Crippen LogP) is 0.769. The molecular weight excluding hydrogens is 342 g/mol. The predicted molar refractivity (Wildman–Crippen MR) is 107 cm³/mol. The maximum absolute atomic E-state index is 12.3. The van der Waals surface area contributed by atoms with E-state index in [1.54, 1.807) is 0 Å². The average molecular weight is 374 g/mol. The fourth-order valence-corrected chi connectivity index (χ4v) is 3.10. The van der Waals surface area contributed by atoms with Gasteiger partial charge in [-0.15, -0.1) is 0 Å². The number of rotatable bonds is 9. The lowest BCUT2D eigenvalue weighted by Gasteiger charge is -2.18. The van der Waals surface area contributed by atoms with Crippen LogP contribution in [0.1, 0.15) is 25.8 Å². The monoisotopic (exact) mass is 373 g/mol. The molecule has 148 valence electrons. The minimum Gasteiger partial charge on any atom is -0.357 e. The number of carbonyl (C=O) groups excluding carboxylic acids is 2. The fraction of sp³-hybridized carbons (Fsp3) is 0.550. The molecule has 1 atom stereocenters. The normalized spacial score (nSPS) is 17.1. The van der Waals surface area contributed by atoms with Crippen molar-refractivity contribution in [1.82, 2.24) is 20.9 Å². The SMILES string of the molecule is CCNC(=O)CN=C(NCC)NCC1CC(=O)N(CCc2ccccc2)C1. The van der Waals surface area contributed by atoms with Crippen LogP contribution in [0.2, 0.25) is 0 Å². The highest BCUT2D eigenvalue weighted by Gasteiger charge is 2.29. The number of hydrogen-bond acceptors (Lipinski definition) is 3. The topological polar surface area (TPSA) is 85.8 Å². The summed E-state index contributed by atoms with van der Waals surface area (Å²) in [4.78, 5) is 30.1. The van der Waals surface area contributed by atoms with Gasteiger partial charge in [-0.05, 0) is 25.8 Å². The van der Waals surface area contributed by atoms with Gasteiger partial charge in [0.25, 0.3) is 0 Å². The molecule has 0 bridgehead atoms. The van der Waals surface area contributed by atoms with E-state index in [2.05, 4.69) is 33.1 Å². The number of aliphatic imine (C=N–C) groups is 1. The van der Waals surface area contributed by atoms with Crippen molar-refractivity contribution >= 4 is 17.8 Å². The Kier molecular flexibility index (Phi) is 8.61. The quantitative estimate of drug-likeness (QED) is 0.441. The largest absolute Gasteiger partial charge is 0.357 e. The van der Waals surface area contributed by atoms with E-state index in [1.165, 1.54) is 5.56 Å². The van der Waals surface area contributed by atoms with Crippen molar-refractivity contribution in [2.45, 2.75) is 26.7 Å². The molecule has 1 fully saturated rings. The summed E-state index contributed by atoms with van der Waals surface area (Å²) < 4.78 is 0. The average Bonchev–Trinajstić information content (AvgIpc) is 3.03. The number of nitrogens with one attached hydrogen (secondary N) is 3. The van der Waals surface area contributed by atoms with Gasteiger partial charge in [0.2, 0.25) is 11.8 Å². The molecule has 1 unspecified atom stereocenters. The van der Waals surface area contributed by atoms with Gasteiger partial charge in [0.1, 0.15) is 6.54 Å². The number of hydrogen-bond donors (Lipinski definition) is 3. The van der Waals surface area contributed by atoms with E-state index >= 15 is 0 Å². The summed E-state index contributed by atoms with van der Waals surface area (Å²) in [5.41, 5.74) is 1.25. The Morgan fingerprint density at radius 3 is 2.59 bits per heavy atom. The fourth-order valence-electron chi connectivity index (χ4n) is 3.10. The van der Waals surface area contributed by atoms with Gasteiger partial charge >= 0.3 is 0 Å². The maximum Gasteiger partial charge on any atom is 0.241 e. The molecule has 2 rings (SSSR count). The Balaban J connectivity index is 1.78. The second-order valence-electron chi connectivity index (χ2n) is 6.68. The molecule has 0 aliphatic carbocycles. The molecule has 0 radical (unpaired) electrons. The van der Waals surface area contributed by atoms with Crippen LogP contribution in [-0.2, 0) is 16.0 Å². The standard InChI is InChI=1S/C20H31N5O2/c1-3-21-18(26)14-24-20(22-4-2)23-13-17-12-19(27)25(15-17)11-10-16-8-6-5-7-9-16/h5-9,17H,3-4,10-15H2,1-2H3,(H,21,26)(H2,22,23,24). The molecule has 1 aromatic rings. The molecule has 1 heterocycles. The Morgan fingerprint density at radius 2 is 1.89 bits per heavy atom. The number of likely N-dealkylation sites (N-methyl/N-ethyl adjacent to an activating group) is 1. The second-order valence-corrected chi connectivity index (χ2v) is 6.68. The molecule has 3 N–H and O–H groups in total. The van der Waals surface area contributed by atoms with Crippen LogP contribution in [0.5, 0.6) is 0 Å². The van der Waals surface area contributed by atoms with Gasteiger partial charge in [-0.3, -0.25) is 9.59 Å². The lowest BCUT2D eigenvalue weighted by Crippen LogP contribution is -2.41. The highest BCUT2D eigenvalue weighted by Crippen LogP contribution is 2.17. The smallest absolute Gasteiger partial charge is 0.241 e. The Bertz CT molecular complexity index is 633. The van der Waals surface area contributed by atoms with E-state index in [4.69, 9.17) is 0 Å². The van der Waals surface area contributed by atoms with Gasteiger partial charge in [0.15, 0.2) is 5.96 Å². The van der Waals surface area contributed by atoms with Crippen molar-refractivity contribution in [3.05, 3.63) is 35.9 Å². The third-order valence-electron chi connectivity index (χ3n) is 4.46. The maximum atomic E-state index is 12.3. The first-order valence-electron chi connectivity index (χ1n) is 9.73. The van der Waals surface area contributed by atoms with Crippen LogP contribution in [-0.4, -0.2) is 61.9 Å². The molecule has 1 saturated heterocycles. The summed E-state index contributed by atoms with van der Waals surface area (Å²) in [7, 11) is 0. The van der Waals surface area contributed by atoms with Crippen molar-refractivity contribution in [3.63, 3.8) is 0 Å². The van der Waals surface area contributed by atoms with Crippen LogP contribution in [0.25, 0.3) is 0 Å². The molecule has 0 saturated carbocycles. The zero-order valence-corrected chi connectivity index (χ0v) is 16.3. The van der Waals surface area contributed by atoms with Gasteiger partial charge in [-0.25, -0.2) is 4.99 Å². The van der Waals surface area contributed by atoms with E-state index in [0.29, 0.717) is 32.0 Å². The van der Waals surface area contributed by atoms with Crippen LogP contribution in [0, 0.1) is 5.92 Å². The molecular formula is C20H31N5O2. The number of likely N-dealkylation sites (tertiary alicyclic amines) is 1. The third-order valence-corrected chi connectivity index (χ3v) is 4.46. The van der Waals surface area contributed by atoms with Crippen molar-refractivity contribution in [2.24, 2.45) is 10.9 Å². The van der Waals surface area contributed by atoms with Crippen molar-refractivity contribution < 1.29 is 9.59 Å². The summed E-state index contributed by atoms with van der Waals surface area (Å²) in [6, 6.07) is 10.2. The highest BCUT2D eigenvalue weighted by atomic mass is 16.2. The molecule has 0 spiro atoms. The number of amides is 2. The van der Waals surface area contributed by atoms with E-state index in [1.807, 2.05) is 36.9 Å². The van der Waals surface area contributed by atoms with E-state index in [-0.39, 0.29) is 24.3 Å². The number of guanidine groups is 1. The summed E-state index contributed by atoms with van der Waals surface area (Å²) in [6.07, 6.45) is 1.43. The van der Waals surface area contributed by atoms with Crippen LogP contribution in [0.15, 0.2) is 35.3 Å². The highest BCUT2D eigenvalue weighted by molar-refractivity contribution is 5.85. The molecule has 1 aromatic carbocycles. The Hall–Kier alpha value is -2.57. The van der Waals surface area contributed by atoms with E-state index in [0.717, 1.165) is 19.5 Å². The van der Waals surface area contributed by atoms with E-state index in [9.17, 15) is 9.59 Å². The minimum absolute atomic E-state index is 0.0932. The molecule has 2 amide bonds. The second kappa shape index (κ2) is 11.2. The van der Waals surface area contributed by atoms with Crippen LogP contribution >= 0.6 is 0 Å². The Labute approximate surface area is 161 Å². The van der Waals surface area contributed by atoms with Gasteiger partial charge < -0.3 is 20.9 Å². The van der Waals surface area contributed by atoms with Crippen LogP contribution in [0.4, 0.5) is 0 Å². The van der Waals surface area contributed by atoms with Gasteiger partial charge in [-0.1, -0.05) is 30.3 Å². The minimum atomic E-state index is -0.0992. The van der Waals surface area contributed by atoms with Gasteiger partial charge in [0, 0.05) is 45.1 Å². The molecule has 7 heteroatoms. The third kappa shape index (κ3) is 7.29. The van der Waals surface area contributed by atoms with Gasteiger partial charge in [0.05, 0.1) is 0 Å². The first-order valence-corrected chi connectivity index (χ1v) is 9.73. The first kappa shape index (κ1) is 20.7. The summed E-state index contributed by atoms with van der Waals surface area (Å²) in [5, 5.41) is 9.11. The number of benzene rings is 1. The van der Waals surface area contributed by atoms with E-state index < -0.39 is 0 Å². The van der Waals surface area contributed by atoms with Crippen LogP contribution < -0.4 is 16.0 Å². The van der Waals surface area contributed by atoms with Gasteiger partial charge in [-0.2, -0.15) is 0 Å². The lowest BCUT2D eigenvalue weighted by molar-refractivity contribution is -0.127. The first-order chi connectivity index (χ1) is 13.1. The molecule has 1 aliphatic heterocycles. The lowest BCUT2D eigenvalue weighted by atomic mass is 10.1. The summed E-state index contributed by atoms with van der Waals surface area (Å²) in [6.45, 7) is 7.44. The molecule has 1 aliphatic rings. The molecule has 27 heavy (non-hydrogen) atoms. The summed E-state index contributed by atoms with van der Waals surface area (Å²) in [5.74, 6) is 0.973. The van der Waals surface area contributed by atoms with Crippen molar-refractivity contribution in [3.8, 4) is 0 Å². The Morgan fingerprint density at radius 1 is 1.15 bits per heavy atom. The van der Waals surface area contributed by atoms with Crippen molar-refractivity contribution in [2.75, 3.05) is 39.3 Å². The zero-order chi connectivity index (χ0) is 19.5.